The monoisotopic (exact) mass is 367 g/mol. The number of ether oxygens (including phenoxy) is 2. The van der Waals surface area contributed by atoms with Crippen LogP contribution in [0, 0.1) is 0 Å². The maximum atomic E-state index is 12.7. The Hall–Kier alpha value is -2.84. The Morgan fingerprint density at radius 2 is 2.19 bits per heavy atom. The lowest BCUT2D eigenvalue weighted by Gasteiger charge is -2.17. The zero-order valence-electron chi connectivity index (χ0n) is 14.8. The smallest absolute Gasteiger partial charge is 0.387 e. The van der Waals surface area contributed by atoms with Gasteiger partial charge in [0.1, 0.15) is 0 Å². The first-order valence-electron chi connectivity index (χ1n) is 8.23. The fourth-order valence-corrected chi connectivity index (χ4v) is 2.31. The summed E-state index contributed by atoms with van der Waals surface area (Å²) in [5, 5.41) is 6.23. The van der Waals surface area contributed by atoms with Crippen LogP contribution in [0.3, 0.4) is 0 Å². The molecule has 142 valence electrons. The van der Waals surface area contributed by atoms with E-state index < -0.39 is 6.61 Å². The molecule has 0 unspecified atom stereocenters. The molecule has 2 N–H and O–H groups in total. The molecule has 0 atom stereocenters. The van der Waals surface area contributed by atoms with Gasteiger partial charge in [-0.2, -0.15) is 8.78 Å². The van der Waals surface area contributed by atoms with E-state index in [4.69, 9.17) is 4.74 Å². The van der Waals surface area contributed by atoms with Crippen LogP contribution in [0.15, 0.2) is 41.9 Å². The van der Waals surface area contributed by atoms with Crippen molar-refractivity contribution in [2.45, 2.75) is 26.6 Å². The predicted molar refractivity (Wildman–Crippen MR) is 94.7 cm³/mol. The minimum absolute atomic E-state index is 0.0331. The van der Waals surface area contributed by atoms with Gasteiger partial charge in [0, 0.05) is 44.6 Å². The van der Waals surface area contributed by atoms with Crippen molar-refractivity contribution >= 4 is 5.96 Å². The maximum absolute atomic E-state index is 12.7. The summed E-state index contributed by atoms with van der Waals surface area (Å²) >= 11 is 0. The van der Waals surface area contributed by atoms with E-state index in [2.05, 4.69) is 25.3 Å². The highest BCUT2D eigenvalue weighted by molar-refractivity contribution is 5.79. The van der Waals surface area contributed by atoms with Crippen molar-refractivity contribution < 1.29 is 18.3 Å². The Morgan fingerprint density at radius 1 is 1.35 bits per heavy atom. The highest BCUT2D eigenvalue weighted by Crippen LogP contribution is 2.32. The number of hydrogen-bond acceptors (Lipinski definition) is 4. The lowest BCUT2D eigenvalue weighted by atomic mass is 10.2. The number of aromatic nitrogens is 2. The van der Waals surface area contributed by atoms with Crippen LogP contribution in [0.2, 0.25) is 0 Å². The van der Waals surface area contributed by atoms with Crippen LogP contribution in [-0.4, -0.2) is 42.3 Å². The normalized spacial score (nSPS) is 11.5. The number of nitrogens with zero attached hydrogens (tertiary/aromatic N) is 3. The quantitative estimate of drug-likeness (QED) is 0.525. The lowest BCUT2D eigenvalue weighted by Crippen LogP contribution is -2.38. The standard InChI is InChI=1S/C17H23F2N5O2/c1-3-25-14-6-4-5-13(15(14)26-16(18)19)11-23-17(20-2)22-8-10-24-9-7-21-12-24/h4-7,9,12,16H,3,8,10-11H2,1-2H3,(H2,20,22,23). The van der Waals surface area contributed by atoms with Crippen LogP contribution in [0.4, 0.5) is 8.78 Å². The molecule has 2 rings (SSSR count). The molecule has 1 aromatic carbocycles. The van der Waals surface area contributed by atoms with E-state index >= 15 is 0 Å². The predicted octanol–water partition coefficient (Wildman–Crippen LogP) is 2.25. The van der Waals surface area contributed by atoms with Gasteiger partial charge in [0.2, 0.25) is 0 Å². The number of nitrogens with one attached hydrogen (secondary N) is 2. The summed E-state index contributed by atoms with van der Waals surface area (Å²) in [5.74, 6) is 0.871. The van der Waals surface area contributed by atoms with Crippen molar-refractivity contribution in [3.8, 4) is 11.5 Å². The van der Waals surface area contributed by atoms with E-state index in [-0.39, 0.29) is 18.0 Å². The molecule has 0 bridgehead atoms. The molecule has 26 heavy (non-hydrogen) atoms. The van der Waals surface area contributed by atoms with Gasteiger partial charge < -0.3 is 24.7 Å². The third-order valence-electron chi connectivity index (χ3n) is 3.46. The van der Waals surface area contributed by atoms with Crippen LogP contribution in [-0.2, 0) is 13.1 Å². The van der Waals surface area contributed by atoms with Crippen molar-refractivity contribution in [2.24, 2.45) is 4.99 Å². The maximum Gasteiger partial charge on any atom is 0.387 e. The molecule has 1 heterocycles. The molecule has 0 aliphatic rings. The van der Waals surface area contributed by atoms with Crippen molar-refractivity contribution in [3.05, 3.63) is 42.5 Å². The van der Waals surface area contributed by atoms with Gasteiger partial charge in [-0.05, 0) is 13.0 Å². The third-order valence-corrected chi connectivity index (χ3v) is 3.46. The zero-order valence-corrected chi connectivity index (χ0v) is 14.8. The molecule has 0 aliphatic heterocycles. The average Bonchev–Trinajstić information content (AvgIpc) is 3.13. The van der Waals surface area contributed by atoms with Crippen LogP contribution in [0.1, 0.15) is 12.5 Å². The number of benzene rings is 1. The number of alkyl halides is 2. The van der Waals surface area contributed by atoms with Gasteiger partial charge in [0.15, 0.2) is 17.5 Å². The molecular weight excluding hydrogens is 344 g/mol. The molecule has 0 saturated carbocycles. The summed E-state index contributed by atoms with van der Waals surface area (Å²) in [7, 11) is 1.64. The van der Waals surface area contributed by atoms with Crippen LogP contribution < -0.4 is 20.1 Å². The van der Waals surface area contributed by atoms with Crippen molar-refractivity contribution in [1.82, 2.24) is 20.2 Å². The van der Waals surface area contributed by atoms with Gasteiger partial charge >= 0.3 is 6.61 Å². The van der Waals surface area contributed by atoms with Gasteiger partial charge in [0.25, 0.3) is 0 Å². The number of aliphatic imine (C=N–C) groups is 1. The highest BCUT2D eigenvalue weighted by atomic mass is 19.3. The highest BCUT2D eigenvalue weighted by Gasteiger charge is 2.15. The first-order chi connectivity index (χ1) is 12.6. The second-order valence-electron chi connectivity index (χ2n) is 5.21. The van der Waals surface area contributed by atoms with Crippen molar-refractivity contribution in [2.75, 3.05) is 20.2 Å². The average molecular weight is 367 g/mol. The Balaban J connectivity index is 1.96. The number of guanidine groups is 1. The number of halogens is 2. The number of hydrogen-bond donors (Lipinski definition) is 2. The second-order valence-corrected chi connectivity index (χ2v) is 5.21. The SMILES string of the molecule is CCOc1cccc(CNC(=NC)NCCn2ccnc2)c1OC(F)F. The van der Waals surface area contributed by atoms with Gasteiger partial charge in [-0.25, -0.2) is 4.98 Å². The number of rotatable bonds is 9. The summed E-state index contributed by atoms with van der Waals surface area (Å²) in [6.45, 7) is 0.823. The molecule has 9 heteroatoms. The molecule has 0 amide bonds. The number of imidazole rings is 1. The summed E-state index contributed by atoms with van der Waals surface area (Å²) < 4.78 is 37.5. The Labute approximate surface area is 151 Å². The largest absolute Gasteiger partial charge is 0.490 e. The van der Waals surface area contributed by atoms with E-state index in [9.17, 15) is 8.78 Å². The summed E-state index contributed by atoms with van der Waals surface area (Å²) in [4.78, 5) is 8.10. The Morgan fingerprint density at radius 3 is 2.85 bits per heavy atom. The van der Waals surface area contributed by atoms with Crippen LogP contribution in [0.5, 0.6) is 11.5 Å². The fraction of sp³-hybridized carbons (Fsp3) is 0.412. The summed E-state index contributed by atoms with van der Waals surface area (Å²) in [6.07, 6.45) is 5.30. The van der Waals surface area contributed by atoms with E-state index in [1.165, 1.54) is 0 Å². The molecule has 0 radical (unpaired) electrons. The van der Waals surface area contributed by atoms with Crippen LogP contribution in [0.25, 0.3) is 0 Å². The van der Waals surface area contributed by atoms with Crippen LogP contribution >= 0.6 is 0 Å². The number of para-hydroxylation sites is 1. The molecule has 0 fully saturated rings. The molecule has 7 nitrogen and oxygen atoms in total. The fourth-order valence-electron chi connectivity index (χ4n) is 2.31. The molecule has 1 aromatic heterocycles. The van der Waals surface area contributed by atoms with Crippen molar-refractivity contribution in [3.63, 3.8) is 0 Å². The molecule has 0 aliphatic carbocycles. The second kappa shape index (κ2) is 10.2. The van der Waals surface area contributed by atoms with E-state index in [0.29, 0.717) is 24.7 Å². The third kappa shape index (κ3) is 5.91. The minimum Gasteiger partial charge on any atom is -0.490 e. The van der Waals surface area contributed by atoms with Gasteiger partial charge in [-0.1, -0.05) is 12.1 Å². The minimum atomic E-state index is -2.93. The first-order valence-corrected chi connectivity index (χ1v) is 8.23. The van der Waals surface area contributed by atoms with E-state index in [1.807, 2.05) is 10.8 Å². The van der Waals surface area contributed by atoms with Gasteiger partial charge in [0.05, 0.1) is 12.9 Å². The van der Waals surface area contributed by atoms with Gasteiger partial charge in [-0.3, -0.25) is 4.99 Å². The summed E-state index contributed by atoms with van der Waals surface area (Å²) in [6, 6.07) is 5.03. The molecule has 0 saturated heterocycles. The Bertz CT molecular complexity index is 692. The van der Waals surface area contributed by atoms with Crippen molar-refractivity contribution in [1.29, 1.82) is 0 Å². The van der Waals surface area contributed by atoms with Gasteiger partial charge in [-0.15, -0.1) is 0 Å². The topological polar surface area (TPSA) is 72.7 Å². The molecule has 2 aromatic rings. The molecule has 0 spiro atoms. The Kier molecular flexibility index (Phi) is 7.66. The van der Waals surface area contributed by atoms with E-state index in [0.717, 1.165) is 6.54 Å². The molecular formula is C17H23F2N5O2. The zero-order chi connectivity index (χ0) is 18.8. The summed E-state index contributed by atoms with van der Waals surface area (Å²) in [5.41, 5.74) is 0.550. The van der Waals surface area contributed by atoms with E-state index in [1.54, 1.807) is 44.7 Å². The lowest BCUT2D eigenvalue weighted by molar-refractivity contribution is -0.0520. The first kappa shape index (κ1) is 19.5.